The van der Waals surface area contributed by atoms with Crippen molar-refractivity contribution in [3.8, 4) is 5.75 Å². The van der Waals surface area contributed by atoms with E-state index in [-0.39, 0.29) is 11.7 Å². The van der Waals surface area contributed by atoms with Gasteiger partial charge in [0.15, 0.2) is 0 Å². The molecule has 0 spiro atoms. The molecule has 1 aliphatic rings. The molecule has 0 bridgehead atoms. The lowest BCUT2D eigenvalue weighted by molar-refractivity contribution is -0.132. The second kappa shape index (κ2) is 9.89. The Labute approximate surface area is 156 Å². The minimum Gasteiger partial charge on any atom is -0.382 e. The first-order valence-corrected chi connectivity index (χ1v) is 10.7. The molecule has 26 heavy (non-hydrogen) atoms. The molecule has 0 atom stereocenters. The lowest BCUT2D eigenvalue weighted by atomic mass is 10.3. The van der Waals surface area contributed by atoms with Gasteiger partial charge in [0, 0.05) is 45.8 Å². The number of nitrogens with zero attached hydrogens (tertiary/aromatic N) is 3. The molecule has 0 aliphatic carbocycles. The third-order valence-corrected chi connectivity index (χ3v) is 5.69. The predicted molar refractivity (Wildman–Crippen MR) is 102 cm³/mol. The summed E-state index contributed by atoms with van der Waals surface area (Å²) in [5.41, 5.74) is 0. The highest BCUT2D eigenvalue weighted by Crippen LogP contribution is 2.12. The van der Waals surface area contributed by atoms with Crippen LogP contribution in [0.3, 0.4) is 0 Å². The highest BCUT2D eigenvalue weighted by molar-refractivity contribution is 7.87. The van der Waals surface area contributed by atoms with Crippen molar-refractivity contribution in [2.75, 3.05) is 58.1 Å². The molecule has 0 aromatic heterocycles. The van der Waals surface area contributed by atoms with Crippen molar-refractivity contribution in [2.24, 2.45) is 0 Å². The minimum absolute atomic E-state index is 0.0414. The molecule has 1 amide bonds. The van der Waals surface area contributed by atoms with E-state index in [2.05, 4.69) is 9.80 Å². The van der Waals surface area contributed by atoms with Gasteiger partial charge in [0.2, 0.25) is 5.91 Å². The Morgan fingerprint density at radius 2 is 1.62 bits per heavy atom. The maximum Gasteiger partial charge on any atom is 0.310 e. The Bertz CT molecular complexity index is 654. The number of carbonyl (C=O) groups is 1. The maximum absolute atomic E-state index is 12.2. The van der Waals surface area contributed by atoms with E-state index in [4.69, 9.17) is 4.18 Å². The Hall–Kier alpha value is -1.64. The first kappa shape index (κ1) is 20.7. The zero-order valence-electron chi connectivity index (χ0n) is 15.6. The van der Waals surface area contributed by atoms with Crippen molar-refractivity contribution in [2.45, 2.75) is 13.8 Å². The largest absolute Gasteiger partial charge is 0.382 e. The van der Waals surface area contributed by atoms with Gasteiger partial charge in [-0.1, -0.05) is 18.2 Å². The summed E-state index contributed by atoms with van der Waals surface area (Å²) in [7, 11) is -3.60. The molecule has 1 aliphatic heterocycles. The molecule has 0 saturated carbocycles. The number of carbonyl (C=O) groups excluding carboxylic acids is 1. The lowest BCUT2D eigenvalue weighted by Crippen LogP contribution is -2.50. The summed E-state index contributed by atoms with van der Waals surface area (Å²) in [5, 5.41) is 0. The summed E-state index contributed by atoms with van der Waals surface area (Å²) < 4.78 is 29.3. The van der Waals surface area contributed by atoms with E-state index in [0.717, 1.165) is 39.3 Å². The molecule has 1 aromatic rings. The van der Waals surface area contributed by atoms with E-state index < -0.39 is 10.1 Å². The van der Waals surface area contributed by atoms with E-state index in [0.29, 0.717) is 18.8 Å². The van der Waals surface area contributed by atoms with Crippen LogP contribution >= 0.6 is 0 Å². The molecule has 0 N–H and O–H groups in total. The molecule has 1 aromatic carbocycles. The number of hydrogen-bond donors (Lipinski definition) is 0. The Kier molecular flexibility index (Phi) is 7.86. The van der Waals surface area contributed by atoms with Gasteiger partial charge in [0.05, 0.1) is 12.3 Å². The summed E-state index contributed by atoms with van der Waals surface area (Å²) in [4.78, 5) is 18.2. The normalized spacial score (nSPS) is 16.4. The summed E-state index contributed by atoms with van der Waals surface area (Å²) in [5.74, 6) is 0.454. The number of benzene rings is 1. The van der Waals surface area contributed by atoms with Gasteiger partial charge in [-0.3, -0.25) is 14.6 Å². The molecule has 146 valence electrons. The lowest BCUT2D eigenvalue weighted by Gasteiger charge is -2.35. The van der Waals surface area contributed by atoms with Gasteiger partial charge in [-0.15, -0.1) is 0 Å². The number of likely N-dealkylation sites (N-methyl/N-ethyl adjacent to an activating group) is 1. The van der Waals surface area contributed by atoms with Crippen LogP contribution < -0.4 is 4.18 Å². The number of rotatable bonds is 9. The quantitative estimate of drug-likeness (QED) is 0.590. The molecule has 8 heteroatoms. The summed E-state index contributed by atoms with van der Waals surface area (Å²) in [6, 6.07) is 8.55. The van der Waals surface area contributed by atoms with Gasteiger partial charge >= 0.3 is 10.1 Å². The number of piperazine rings is 1. The molecular weight excluding hydrogens is 354 g/mol. The number of para-hydroxylation sites is 1. The van der Waals surface area contributed by atoms with Gasteiger partial charge in [-0.05, 0) is 26.0 Å². The van der Waals surface area contributed by atoms with Gasteiger partial charge in [-0.2, -0.15) is 8.42 Å². The molecule has 1 saturated heterocycles. The van der Waals surface area contributed by atoms with Crippen LogP contribution in [0.4, 0.5) is 0 Å². The predicted octanol–water partition coefficient (Wildman–Crippen LogP) is 0.881. The summed E-state index contributed by atoms with van der Waals surface area (Å²) in [6.45, 7) is 9.35. The van der Waals surface area contributed by atoms with Gasteiger partial charge in [0.25, 0.3) is 0 Å². The van der Waals surface area contributed by atoms with Crippen molar-refractivity contribution >= 4 is 16.0 Å². The molecule has 7 nitrogen and oxygen atoms in total. The molecule has 1 heterocycles. The van der Waals surface area contributed by atoms with E-state index in [1.165, 1.54) is 0 Å². The number of hydrogen-bond acceptors (Lipinski definition) is 6. The summed E-state index contributed by atoms with van der Waals surface area (Å²) in [6.07, 6.45) is 0. The molecule has 0 unspecified atom stereocenters. The van der Waals surface area contributed by atoms with Crippen LogP contribution in [-0.2, 0) is 14.9 Å². The fraction of sp³-hybridized carbons (Fsp3) is 0.611. The summed E-state index contributed by atoms with van der Waals surface area (Å²) >= 11 is 0. The minimum atomic E-state index is -3.60. The van der Waals surface area contributed by atoms with Crippen molar-refractivity contribution < 1.29 is 17.4 Å². The van der Waals surface area contributed by atoms with E-state index in [1.54, 1.807) is 24.3 Å². The Morgan fingerprint density at radius 3 is 2.19 bits per heavy atom. The van der Waals surface area contributed by atoms with Crippen LogP contribution in [0, 0.1) is 0 Å². The van der Waals surface area contributed by atoms with Crippen LogP contribution in [0.1, 0.15) is 13.8 Å². The Balaban J connectivity index is 1.72. The first-order chi connectivity index (χ1) is 12.4. The van der Waals surface area contributed by atoms with Crippen LogP contribution in [0.5, 0.6) is 5.75 Å². The topological polar surface area (TPSA) is 70.2 Å². The van der Waals surface area contributed by atoms with Gasteiger partial charge in [-0.25, -0.2) is 0 Å². The SMILES string of the molecule is CCN(CC)C(=O)CN1CCN(CCS(=O)(=O)Oc2ccccc2)CC1. The van der Waals surface area contributed by atoms with Crippen LogP contribution in [-0.4, -0.2) is 87.1 Å². The second-order valence-electron chi connectivity index (χ2n) is 6.34. The zero-order valence-corrected chi connectivity index (χ0v) is 16.5. The first-order valence-electron chi connectivity index (χ1n) is 9.13. The van der Waals surface area contributed by atoms with Crippen LogP contribution in [0.2, 0.25) is 0 Å². The highest BCUT2D eigenvalue weighted by atomic mass is 32.2. The average Bonchev–Trinajstić information content (AvgIpc) is 2.63. The smallest absolute Gasteiger partial charge is 0.310 e. The van der Waals surface area contributed by atoms with Crippen molar-refractivity contribution in [1.82, 2.24) is 14.7 Å². The zero-order chi connectivity index (χ0) is 19.0. The number of amides is 1. The fourth-order valence-corrected chi connectivity index (χ4v) is 3.91. The van der Waals surface area contributed by atoms with Crippen molar-refractivity contribution in [3.63, 3.8) is 0 Å². The third-order valence-electron chi connectivity index (χ3n) is 4.56. The van der Waals surface area contributed by atoms with E-state index >= 15 is 0 Å². The Morgan fingerprint density at radius 1 is 1.04 bits per heavy atom. The maximum atomic E-state index is 12.2. The van der Waals surface area contributed by atoms with Crippen LogP contribution in [0.15, 0.2) is 30.3 Å². The standard InChI is InChI=1S/C18H29N3O4S/c1-3-21(4-2)18(22)16-20-12-10-19(11-13-20)14-15-26(23,24)25-17-8-6-5-7-9-17/h5-9H,3-4,10-16H2,1-2H3. The third kappa shape index (κ3) is 6.59. The molecule has 2 rings (SSSR count). The van der Waals surface area contributed by atoms with Gasteiger partial charge in [0.1, 0.15) is 5.75 Å². The molecule has 1 fully saturated rings. The fourth-order valence-electron chi connectivity index (χ4n) is 2.94. The molecular formula is C18H29N3O4S. The molecule has 0 radical (unpaired) electrons. The average molecular weight is 384 g/mol. The van der Waals surface area contributed by atoms with E-state index in [1.807, 2.05) is 24.8 Å². The highest BCUT2D eigenvalue weighted by Gasteiger charge is 2.22. The van der Waals surface area contributed by atoms with Crippen LogP contribution in [0.25, 0.3) is 0 Å². The monoisotopic (exact) mass is 383 g/mol. The van der Waals surface area contributed by atoms with Crippen molar-refractivity contribution in [3.05, 3.63) is 30.3 Å². The van der Waals surface area contributed by atoms with E-state index in [9.17, 15) is 13.2 Å². The van der Waals surface area contributed by atoms with Gasteiger partial charge < -0.3 is 9.08 Å². The second-order valence-corrected chi connectivity index (χ2v) is 8.03. The van der Waals surface area contributed by atoms with Crippen molar-refractivity contribution in [1.29, 1.82) is 0 Å².